The van der Waals surface area contributed by atoms with Crippen LogP contribution in [0.5, 0.6) is 11.5 Å². The van der Waals surface area contributed by atoms with Gasteiger partial charge in [0.1, 0.15) is 0 Å². The number of ketones is 1. The molecule has 0 unspecified atom stereocenters. The molecule has 190 valence electrons. The summed E-state index contributed by atoms with van der Waals surface area (Å²) in [6, 6.07) is 21.3. The maximum absolute atomic E-state index is 14.0. The molecule has 2 atom stereocenters. The van der Waals surface area contributed by atoms with Crippen molar-refractivity contribution >= 4 is 23.1 Å². The number of carbonyl (C=O) groups excluding carboxylic acids is 2. The molecule has 0 radical (unpaired) electrons. The van der Waals surface area contributed by atoms with Crippen LogP contribution in [-0.4, -0.2) is 25.9 Å². The van der Waals surface area contributed by atoms with Crippen LogP contribution in [0.2, 0.25) is 0 Å². The largest absolute Gasteiger partial charge is 0.493 e. The average molecular weight is 497 g/mol. The monoisotopic (exact) mass is 496 g/mol. The maximum Gasteiger partial charge on any atom is 0.227 e. The van der Waals surface area contributed by atoms with Gasteiger partial charge < -0.3 is 14.8 Å². The highest BCUT2D eigenvalue weighted by Gasteiger charge is 2.41. The zero-order valence-electron chi connectivity index (χ0n) is 21.7. The average Bonchev–Trinajstić information content (AvgIpc) is 3.07. The van der Waals surface area contributed by atoms with Crippen molar-refractivity contribution in [2.24, 2.45) is 0 Å². The van der Waals surface area contributed by atoms with Crippen LogP contribution in [0.3, 0.4) is 0 Å². The van der Waals surface area contributed by atoms with Gasteiger partial charge in [-0.1, -0.05) is 55.0 Å². The second-order valence-corrected chi connectivity index (χ2v) is 9.61. The van der Waals surface area contributed by atoms with E-state index in [1.165, 1.54) is 0 Å². The Kier molecular flexibility index (Phi) is 6.74. The number of Topliss-reactive ketones (excluding diaryl/α,β-unsaturated/α-hetero) is 1. The molecule has 6 heteroatoms. The first-order valence-corrected chi connectivity index (χ1v) is 12.7. The molecule has 0 fully saturated rings. The van der Waals surface area contributed by atoms with Crippen LogP contribution in [0.15, 0.2) is 78.0 Å². The van der Waals surface area contributed by atoms with Crippen LogP contribution < -0.4 is 19.7 Å². The van der Waals surface area contributed by atoms with Gasteiger partial charge in [-0.2, -0.15) is 0 Å². The van der Waals surface area contributed by atoms with Crippen LogP contribution in [0.1, 0.15) is 54.8 Å². The molecule has 0 saturated heterocycles. The Morgan fingerprint density at radius 2 is 1.65 bits per heavy atom. The lowest BCUT2D eigenvalue weighted by atomic mass is 9.78. The van der Waals surface area contributed by atoms with Gasteiger partial charge in [0.15, 0.2) is 17.3 Å². The van der Waals surface area contributed by atoms with Crippen molar-refractivity contribution in [2.75, 3.05) is 24.4 Å². The Morgan fingerprint density at radius 3 is 2.35 bits per heavy atom. The summed E-state index contributed by atoms with van der Waals surface area (Å²) in [5, 5.41) is 3.57. The maximum atomic E-state index is 14.0. The second kappa shape index (κ2) is 10.1. The molecule has 0 spiro atoms. The Morgan fingerprint density at radius 1 is 0.946 bits per heavy atom. The summed E-state index contributed by atoms with van der Waals surface area (Å²) in [6.07, 6.45) is 1.33. The van der Waals surface area contributed by atoms with E-state index in [9.17, 15) is 9.59 Å². The minimum absolute atomic E-state index is 0.0246. The fraction of sp³-hybridized carbons (Fsp3) is 0.290. The Labute approximate surface area is 217 Å². The van der Waals surface area contributed by atoms with Crippen LogP contribution >= 0.6 is 0 Å². The summed E-state index contributed by atoms with van der Waals surface area (Å²) in [5.41, 5.74) is 6.21. The topological polar surface area (TPSA) is 67.9 Å². The van der Waals surface area contributed by atoms with Gasteiger partial charge in [-0.25, -0.2) is 0 Å². The van der Waals surface area contributed by atoms with E-state index in [1.807, 2.05) is 85.5 Å². The Balaban J connectivity index is 1.67. The summed E-state index contributed by atoms with van der Waals surface area (Å²) in [4.78, 5) is 29.3. The number of amides is 1. The summed E-state index contributed by atoms with van der Waals surface area (Å²) >= 11 is 0. The van der Waals surface area contributed by atoms with Crippen molar-refractivity contribution < 1.29 is 19.1 Å². The van der Waals surface area contributed by atoms with Gasteiger partial charge >= 0.3 is 0 Å². The normalized spacial score (nSPS) is 18.9. The fourth-order valence-electron chi connectivity index (χ4n) is 5.44. The van der Waals surface area contributed by atoms with Crippen molar-refractivity contribution in [3.05, 3.63) is 94.7 Å². The molecule has 3 aromatic carbocycles. The number of fused-ring (bicyclic) bond motifs is 1. The Hall–Kier alpha value is -4.06. The highest BCUT2D eigenvalue weighted by molar-refractivity contribution is 6.06. The predicted octanol–water partition coefficient (Wildman–Crippen LogP) is 6.32. The van der Waals surface area contributed by atoms with Crippen LogP contribution in [0.25, 0.3) is 0 Å². The van der Waals surface area contributed by atoms with Crippen molar-refractivity contribution in [1.29, 1.82) is 0 Å². The van der Waals surface area contributed by atoms with Crippen LogP contribution in [0, 0.1) is 6.92 Å². The van der Waals surface area contributed by atoms with E-state index in [0.717, 1.165) is 33.8 Å². The van der Waals surface area contributed by atoms with Gasteiger partial charge in [0.25, 0.3) is 0 Å². The number of allylic oxidation sites excluding steroid dienone is 1. The van der Waals surface area contributed by atoms with Gasteiger partial charge in [0.2, 0.25) is 5.91 Å². The molecule has 0 bridgehead atoms. The summed E-state index contributed by atoms with van der Waals surface area (Å²) < 4.78 is 10.9. The third-order valence-electron chi connectivity index (χ3n) is 7.33. The van der Waals surface area contributed by atoms with Gasteiger partial charge in [0.05, 0.1) is 31.6 Å². The van der Waals surface area contributed by atoms with E-state index in [4.69, 9.17) is 9.47 Å². The molecular formula is C31H32N2O4. The van der Waals surface area contributed by atoms with E-state index < -0.39 is 6.04 Å². The number of rotatable bonds is 5. The smallest absolute Gasteiger partial charge is 0.227 e. The molecule has 2 aliphatic rings. The van der Waals surface area contributed by atoms with Gasteiger partial charge in [-0.05, 0) is 54.7 Å². The van der Waals surface area contributed by atoms with E-state index in [1.54, 1.807) is 14.2 Å². The van der Waals surface area contributed by atoms with E-state index >= 15 is 0 Å². The molecule has 1 heterocycles. The highest BCUT2D eigenvalue weighted by Crippen LogP contribution is 2.48. The SMILES string of the molecule is CCC(=O)N1c2ccccc2NC2=C(C(=O)C[C@H](c3ccc(OC)c(OC)c3)C2)[C@@H]1c1ccc(C)cc1. The molecule has 37 heavy (non-hydrogen) atoms. The van der Waals surface area contributed by atoms with Crippen LogP contribution in [-0.2, 0) is 9.59 Å². The predicted molar refractivity (Wildman–Crippen MR) is 145 cm³/mol. The number of anilines is 2. The summed E-state index contributed by atoms with van der Waals surface area (Å²) in [6.45, 7) is 3.90. The molecule has 6 nitrogen and oxygen atoms in total. The van der Waals surface area contributed by atoms with Gasteiger partial charge in [-0.15, -0.1) is 0 Å². The quantitative estimate of drug-likeness (QED) is 0.448. The van der Waals surface area contributed by atoms with Crippen molar-refractivity contribution in [3.8, 4) is 11.5 Å². The molecule has 1 amide bonds. The standard InChI is InChI=1S/C31H32N2O4/c1-5-29(35)33-25-9-7-6-8-23(25)32-24-16-22(21-14-15-27(36-3)28(18-21)37-4)17-26(34)30(24)31(33)20-12-10-19(2)11-13-20/h6-15,18,22,31-32H,5,16-17H2,1-4H3/t22-,31+/m1/s1. The first kappa shape index (κ1) is 24.6. The van der Waals surface area contributed by atoms with Crippen LogP contribution in [0.4, 0.5) is 11.4 Å². The number of benzene rings is 3. The number of carbonyl (C=O) groups is 2. The summed E-state index contributed by atoms with van der Waals surface area (Å²) in [5.74, 6) is 1.29. The number of methoxy groups -OCH3 is 2. The number of ether oxygens (including phenoxy) is 2. The third kappa shape index (κ3) is 4.48. The lowest BCUT2D eigenvalue weighted by Crippen LogP contribution is -2.38. The van der Waals surface area contributed by atoms with Crippen molar-refractivity contribution in [1.82, 2.24) is 0 Å². The molecule has 1 aliphatic heterocycles. The molecule has 1 N–H and O–H groups in total. The first-order chi connectivity index (χ1) is 17.9. The number of nitrogens with one attached hydrogen (secondary N) is 1. The number of nitrogens with zero attached hydrogens (tertiary/aromatic N) is 1. The lowest BCUT2D eigenvalue weighted by Gasteiger charge is -2.35. The molecule has 1 aliphatic carbocycles. The van der Waals surface area contributed by atoms with Gasteiger partial charge in [-0.3, -0.25) is 14.5 Å². The fourth-order valence-corrected chi connectivity index (χ4v) is 5.44. The van der Waals surface area contributed by atoms with E-state index in [0.29, 0.717) is 36.3 Å². The molecule has 0 saturated carbocycles. The van der Waals surface area contributed by atoms with E-state index in [-0.39, 0.29) is 17.6 Å². The third-order valence-corrected chi connectivity index (χ3v) is 7.33. The minimum atomic E-state index is -0.502. The lowest BCUT2D eigenvalue weighted by molar-refractivity contribution is -0.119. The van der Waals surface area contributed by atoms with Crippen molar-refractivity contribution in [3.63, 3.8) is 0 Å². The number of para-hydroxylation sites is 2. The van der Waals surface area contributed by atoms with E-state index in [2.05, 4.69) is 5.32 Å². The number of hydrogen-bond donors (Lipinski definition) is 1. The van der Waals surface area contributed by atoms with Gasteiger partial charge in [0, 0.05) is 24.1 Å². The second-order valence-electron chi connectivity index (χ2n) is 9.61. The first-order valence-electron chi connectivity index (χ1n) is 12.7. The molecule has 5 rings (SSSR count). The zero-order valence-corrected chi connectivity index (χ0v) is 21.7. The highest BCUT2D eigenvalue weighted by atomic mass is 16.5. The Bertz CT molecular complexity index is 1380. The zero-order chi connectivity index (χ0) is 26.1. The van der Waals surface area contributed by atoms with Crippen molar-refractivity contribution in [2.45, 2.75) is 45.1 Å². The molecule has 0 aromatic heterocycles. The number of hydrogen-bond acceptors (Lipinski definition) is 5. The number of aryl methyl sites for hydroxylation is 1. The molecule has 3 aromatic rings. The summed E-state index contributed by atoms with van der Waals surface area (Å²) in [7, 11) is 3.23. The molecular weight excluding hydrogens is 464 g/mol. The minimum Gasteiger partial charge on any atom is -0.493 e.